The molecule has 1 atom stereocenters. The maximum atomic E-state index is 12.3. The van der Waals surface area contributed by atoms with Gasteiger partial charge in [-0.25, -0.2) is 19.6 Å². The average molecular weight is 313 g/mol. The monoisotopic (exact) mass is 313 g/mol. The third-order valence-electron chi connectivity index (χ3n) is 3.62. The van der Waals surface area contributed by atoms with E-state index in [1.807, 2.05) is 30.3 Å². The van der Waals surface area contributed by atoms with Gasteiger partial charge < -0.3 is 9.84 Å². The first-order valence-corrected chi connectivity index (χ1v) is 7.09. The van der Waals surface area contributed by atoms with Crippen molar-refractivity contribution in [3.63, 3.8) is 0 Å². The Morgan fingerprint density at radius 1 is 1.35 bits per heavy atom. The summed E-state index contributed by atoms with van der Waals surface area (Å²) >= 11 is 0. The zero-order chi connectivity index (χ0) is 16.4. The van der Waals surface area contributed by atoms with E-state index < -0.39 is 18.1 Å². The third-order valence-corrected chi connectivity index (χ3v) is 3.62. The van der Waals surface area contributed by atoms with E-state index in [1.165, 1.54) is 6.20 Å². The highest BCUT2D eigenvalue weighted by Crippen LogP contribution is 2.33. The Bertz CT molecular complexity index is 748. The van der Waals surface area contributed by atoms with E-state index >= 15 is 0 Å². The van der Waals surface area contributed by atoms with Gasteiger partial charge in [0.1, 0.15) is 12.4 Å². The van der Waals surface area contributed by atoms with Crippen molar-refractivity contribution in [1.29, 1.82) is 0 Å². The Labute approximate surface area is 132 Å². The van der Waals surface area contributed by atoms with Crippen LogP contribution in [0.1, 0.15) is 28.7 Å². The largest absolute Gasteiger partial charge is 0.479 e. The van der Waals surface area contributed by atoms with E-state index in [1.54, 1.807) is 6.92 Å². The molecule has 0 spiro atoms. The van der Waals surface area contributed by atoms with Gasteiger partial charge in [0.05, 0.1) is 12.2 Å². The lowest BCUT2D eigenvalue weighted by atomic mass is 10.1. The van der Waals surface area contributed by atoms with Crippen molar-refractivity contribution < 1.29 is 19.4 Å². The van der Waals surface area contributed by atoms with Gasteiger partial charge in [0.15, 0.2) is 6.04 Å². The molecular weight excluding hydrogens is 298 g/mol. The van der Waals surface area contributed by atoms with Gasteiger partial charge in [0.2, 0.25) is 0 Å². The number of aliphatic carboxylic acids is 1. The molecule has 0 saturated heterocycles. The van der Waals surface area contributed by atoms with Crippen LogP contribution in [0.25, 0.3) is 0 Å². The molecule has 1 N–H and O–H groups in total. The van der Waals surface area contributed by atoms with E-state index in [0.29, 0.717) is 17.1 Å². The normalized spacial score (nSPS) is 16.0. The van der Waals surface area contributed by atoms with Gasteiger partial charge in [-0.05, 0) is 12.5 Å². The fourth-order valence-electron chi connectivity index (χ4n) is 2.54. The summed E-state index contributed by atoms with van der Waals surface area (Å²) in [4.78, 5) is 33.2. The molecular formula is C16H15N3O4. The Hall–Kier alpha value is -2.96. The van der Waals surface area contributed by atoms with Crippen molar-refractivity contribution in [2.45, 2.75) is 26.1 Å². The van der Waals surface area contributed by atoms with E-state index in [9.17, 15) is 14.7 Å². The van der Waals surface area contributed by atoms with Gasteiger partial charge in [-0.3, -0.25) is 4.90 Å². The smallest absolute Gasteiger partial charge is 0.411 e. The lowest BCUT2D eigenvalue weighted by Gasteiger charge is -2.20. The molecule has 1 unspecified atom stereocenters. The molecule has 7 nitrogen and oxygen atoms in total. The van der Waals surface area contributed by atoms with E-state index in [-0.39, 0.29) is 13.2 Å². The molecule has 1 aromatic heterocycles. The predicted molar refractivity (Wildman–Crippen MR) is 79.3 cm³/mol. The zero-order valence-corrected chi connectivity index (χ0v) is 12.5. The van der Waals surface area contributed by atoms with Crippen molar-refractivity contribution in [3.05, 3.63) is 59.2 Å². The minimum Gasteiger partial charge on any atom is -0.479 e. The number of nitrogens with zero attached hydrogens (tertiary/aromatic N) is 3. The number of benzene rings is 1. The summed E-state index contributed by atoms with van der Waals surface area (Å²) in [6.45, 7) is 1.90. The zero-order valence-electron chi connectivity index (χ0n) is 12.5. The van der Waals surface area contributed by atoms with Gasteiger partial charge >= 0.3 is 12.1 Å². The van der Waals surface area contributed by atoms with Crippen molar-refractivity contribution in [3.8, 4) is 0 Å². The summed E-state index contributed by atoms with van der Waals surface area (Å²) in [5.41, 5.74) is 1.81. The molecule has 0 radical (unpaired) electrons. The highest BCUT2D eigenvalue weighted by Gasteiger charge is 2.40. The molecule has 2 aromatic rings. The van der Waals surface area contributed by atoms with Crippen LogP contribution in [0.3, 0.4) is 0 Å². The van der Waals surface area contributed by atoms with Crippen LogP contribution in [-0.4, -0.2) is 32.0 Å². The minimum absolute atomic E-state index is 0.0869. The second-order valence-electron chi connectivity index (χ2n) is 5.23. The van der Waals surface area contributed by atoms with Crippen LogP contribution >= 0.6 is 0 Å². The second kappa shape index (κ2) is 6.04. The number of carboxylic acid groups (broad SMARTS) is 1. The van der Waals surface area contributed by atoms with Crippen molar-refractivity contribution >= 4 is 12.1 Å². The molecule has 1 aliphatic rings. The highest BCUT2D eigenvalue weighted by molar-refractivity contribution is 5.83. The molecule has 118 valence electrons. The first-order chi connectivity index (χ1) is 11.1. The average Bonchev–Trinajstić information content (AvgIpc) is 2.92. The maximum Gasteiger partial charge on any atom is 0.411 e. The van der Waals surface area contributed by atoms with Crippen molar-refractivity contribution in [2.75, 3.05) is 0 Å². The summed E-state index contributed by atoms with van der Waals surface area (Å²) < 4.78 is 5.23. The van der Waals surface area contributed by atoms with Crippen LogP contribution < -0.4 is 0 Å². The van der Waals surface area contributed by atoms with Gasteiger partial charge in [0, 0.05) is 11.8 Å². The lowest BCUT2D eigenvalue weighted by Crippen LogP contribution is -2.34. The summed E-state index contributed by atoms with van der Waals surface area (Å²) in [5, 5.41) is 9.43. The first kappa shape index (κ1) is 15.0. The van der Waals surface area contributed by atoms with Crippen LogP contribution in [0.4, 0.5) is 4.79 Å². The first-order valence-electron chi connectivity index (χ1n) is 7.09. The molecule has 0 aliphatic carbocycles. The molecule has 0 fully saturated rings. The standard InChI is InChI=1S/C16H15N3O4/c1-10-17-7-12-13(18-10)8-19(14(12)15(20)21)16(22)23-9-11-5-3-2-4-6-11/h2-7,14H,8-9H2,1H3,(H,20,21). The van der Waals surface area contributed by atoms with Crippen LogP contribution in [0.5, 0.6) is 0 Å². The van der Waals surface area contributed by atoms with E-state index in [0.717, 1.165) is 10.5 Å². The number of hydrogen-bond acceptors (Lipinski definition) is 5. The minimum atomic E-state index is -1.13. The number of aromatic nitrogens is 2. The van der Waals surface area contributed by atoms with Crippen molar-refractivity contribution in [2.24, 2.45) is 0 Å². The number of amides is 1. The number of rotatable bonds is 3. The molecule has 1 aromatic carbocycles. The van der Waals surface area contributed by atoms with E-state index in [4.69, 9.17) is 4.74 Å². The SMILES string of the molecule is Cc1ncc2c(n1)CN(C(=O)OCc1ccccc1)C2C(=O)O. The highest BCUT2D eigenvalue weighted by atomic mass is 16.6. The Balaban J connectivity index is 1.76. The molecule has 0 bridgehead atoms. The van der Waals surface area contributed by atoms with Crippen LogP contribution in [-0.2, 0) is 22.7 Å². The number of hydrogen-bond donors (Lipinski definition) is 1. The fourth-order valence-corrected chi connectivity index (χ4v) is 2.54. The Morgan fingerprint density at radius 2 is 2.09 bits per heavy atom. The number of aryl methyl sites for hydroxylation is 1. The molecule has 23 heavy (non-hydrogen) atoms. The number of ether oxygens (including phenoxy) is 1. The Kier molecular flexibility index (Phi) is 3.92. The molecule has 3 rings (SSSR count). The molecule has 2 heterocycles. The number of carbonyl (C=O) groups excluding carboxylic acids is 1. The molecule has 1 aliphatic heterocycles. The van der Waals surface area contributed by atoms with Crippen LogP contribution in [0.2, 0.25) is 0 Å². The van der Waals surface area contributed by atoms with Crippen molar-refractivity contribution in [1.82, 2.24) is 14.9 Å². The predicted octanol–water partition coefficient (Wildman–Crippen LogP) is 2.06. The molecule has 7 heteroatoms. The Morgan fingerprint density at radius 3 is 2.78 bits per heavy atom. The van der Waals surface area contributed by atoms with E-state index in [2.05, 4.69) is 9.97 Å². The lowest BCUT2D eigenvalue weighted by molar-refractivity contribution is -0.142. The number of carboxylic acids is 1. The second-order valence-corrected chi connectivity index (χ2v) is 5.23. The van der Waals surface area contributed by atoms with Gasteiger partial charge in [0.25, 0.3) is 0 Å². The number of carbonyl (C=O) groups is 2. The summed E-state index contributed by atoms with van der Waals surface area (Å²) in [6.07, 6.45) is 0.776. The van der Waals surface area contributed by atoms with Gasteiger partial charge in [-0.2, -0.15) is 0 Å². The van der Waals surface area contributed by atoms with Gasteiger partial charge in [-0.1, -0.05) is 30.3 Å². The third kappa shape index (κ3) is 2.98. The van der Waals surface area contributed by atoms with Crippen LogP contribution in [0, 0.1) is 6.92 Å². The molecule has 0 saturated carbocycles. The summed E-state index contributed by atoms with van der Waals surface area (Å²) in [5.74, 6) is -0.597. The topological polar surface area (TPSA) is 92.6 Å². The summed E-state index contributed by atoms with van der Waals surface area (Å²) in [6, 6.07) is 8.09. The maximum absolute atomic E-state index is 12.3. The molecule has 1 amide bonds. The quantitative estimate of drug-likeness (QED) is 0.932. The number of fused-ring (bicyclic) bond motifs is 1. The summed E-state index contributed by atoms with van der Waals surface area (Å²) in [7, 11) is 0. The van der Waals surface area contributed by atoms with Crippen LogP contribution in [0.15, 0.2) is 36.5 Å². The fraction of sp³-hybridized carbons (Fsp3) is 0.250. The van der Waals surface area contributed by atoms with Gasteiger partial charge in [-0.15, -0.1) is 0 Å².